The number of alkyl halides is 3. The summed E-state index contributed by atoms with van der Waals surface area (Å²) in [5.74, 6) is -0.776. The summed E-state index contributed by atoms with van der Waals surface area (Å²) in [6, 6.07) is 3.17. The van der Waals surface area contributed by atoms with Crippen molar-refractivity contribution in [2.24, 2.45) is 5.41 Å². The molecular formula is C30H49ClF3N3O5Si. The molecule has 1 amide bonds. The van der Waals surface area contributed by atoms with Crippen molar-refractivity contribution < 1.29 is 36.6 Å². The summed E-state index contributed by atoms with van der Waals surface area (Å²) in [5, 5.41) is 2.94. The second-order valence-corrected chi connectivity index (χ2v) is 18.5. The van der Waals surface area contributed by atoms with Gasteiger partial charge in [0.2, 0.25) is 5.91 Å². The number of rotatable bonds is 14. The van der Waals surface area contributed by atoms with Gasteiger partial charge >= 0.3 is 6.36 Å². The van der Waals surface area contributed by atoms with Crippen LogP contribution in [-0.4, -0.2) is 95.8 Å². The van der Waals surface area contributed by atoms with Gasteiger partial charge in [-0.1, -0.05) is 32.4 Å². The minimum absolute atomic E-state index is 0.148. The van der Waals surface area contributed by atoms with Crippen LogP contribution >= 0.6 is 11.6 Å². The lowest BCUT2D eigenvalue weighted by molar-refractivity contribution is -0.274. The Hall–Kier alpha value is -1.57. The van der Waals surface area contributed by atoms with Gasteiger partial charge in [-0.2, -0.15) is 0 Å². The SMILES string of the molecule is COC(CN(CCCN1CCC2(CC2)[C@H](O[Si](C)(C)C(C)(C)C)C1)C(=O)[C@H](C)Nc1ccc(Cl)c(OC(F)(F)F)c1)OC. The monoisotopic (exact) mass is 651 g/mol. The molecule has 1 aromatic rings. The van der Waals surface area contributed by atoms with Crippen molar-refractivity contribution in [3.63, 3.8) is 0 Å². The van der Waals surface area contributed by atoms with Gasteiger partial charge in [0.15, 0.2) is 14.6 Å². The first-order valence-corrected chi connectivity index (χ1v) is 18.2. The second kappa shape index (κ2) is 14.2. The Morgan fingerprint density at radius 2 is 1.84 bits per heavy atom. The molecule has 0 aromatic heterocycles. The number of halogens is 4. The number of methoxy groups -OCH3 is 2. The number of likely N-dealkylation sites (tertiary alicyclic amines) is 1. The molecule has 1 heterocycles. The number of amides is 1. The molecule has 2 aliphatic rings. The molecule has 2 atom stereocenters. The van der Waals surface area contributed by atoms with Gasteiger partial charge in [0.25, 0.3) is 0 Å². The number of hydrogen-bond donors (Lipinski definition) is 1. The average Bonchev–Trinajstić information content (AvgIpc) is 3.68. The predicted octanol–water partition coefficient (Wildman–Crippen LogP) is 6.75. The van der Waals surface area contributed by atoms with Crippen molar-refractivity contribution in [2.45, 2.75) is 96.3 Å². The van der Waals surface area contributed by atoms with Crippen LogP contribution in [-0.2, 0) is 18.7 Å². The Labute approximate surface area is 260 Å². The van der Waals surface area contributed by atoms with E-state index in [9.17, 15) is 18.0 Å². The van der Waals surface area contributed by atoms with Crippen molar-refractivity contribution in [3.8, 4) is 5.75 Å². The Morgan fingerprint density at radius 1 is 1.19 bits per heavy atom. The molecule has 0 bridgehead atoms. The average molecular weight is 652 g/mol. The summed E-state index contributed by atoms with van der Waals surface area (Å²) in [7, 11) is 1.11. The van der Waals surface area contributed by atoms with Crippen molar-refractivity contribution in [1.82, 2.24) is 9.80 Å². The molecule has 1 spiro atoms. The van der Waals surface area contributed by atoms with Crippen LogP contribution in [0.4, 0.5) is 18.9 Å². The van der Waals surface area contributed by atoms with Crippen LogP contribution in [0, 0.1) is 5.41 Å². The van der Waals surface area contributed by atoms with E-state index in [-0.39, 0.29) is 34.3 Å². The van der Waals surface area contributed by atoms with Gasteiger partial charge in [-0.25, -0.2) is 0 Å². The zero-order valence-electron chi connectivity index (χ0n) is 26.8. The van der Waals surface area contributed by atoms with E-state index in [2.05, 4.69) is 48.8 Å². The molecule has 1 aromatic carbocycles. The maximum Gasteiger partial charge on any atom is 0.573 e. The molecule has 0 unspecified atom stereocenters. The van der Waals surface area contributed by atoms with E-state index in [1.54, 1.807) is 11.8 Å². The molecular weight excluding hydrogens is 603 g/mol. The fourth-order valence-electron chi connectivity index (χ4n) is 5.28. The van der Waals surface area contributed by atoms with Gasteiger partial charge in [-0.15, -0.1) is 13.2 Å². The number of nitrogens with zero attached hydrogens (tertiary/aromatic N) is 2. The lowest BCUT2D eigenvalue weighted by Gasteiger charge is -2.46. The highest BCUT2D eigenvalue weighted by atomic mass is 35.5. The number of hydrogen-bond acceptors (Lipinski definition) is 7. The van der Waals surface area contributed by atoms with Crippen molar-refractivity contribution in [3.05, 3.63) is 23.2 Å². The van der Waals surface area contributed by atoms with Gasteiger partial charge in [-0.3, -0.25) is 4.79 Å². The normalized spacial score (nSPS) is 19.9. The van der Waals surface area contributed by atoms with Crippen molar-refractivity contribution in [2.75, 3.05) is 52.3 Å². The zero-order chi connectivity index (χ0) is 32.2. The minimum atomic E-state index is -4.89. The van der Waals surface area contributed by atoms with Crippen LogP contribution in [0.25, 0.3) is 0 Å². The highest BCUT2D eigenvalue weighted by Gasteiger charge is 2.54. The van der Waals surface area contributed by atoms with E-state index in [0.29, 0.717) is 12.0 Å². The molecule has 1 saturated heterocycles. The lowest BCUT2D eigenvalue weighted by atomic mass is 9.90. The highest BCUT2D eigenvalue weighted by molar-refractivity contribution is 6.74. The maximum absolute atomic E-state index is 13.6. The lowest BCUT2D eigenvalue weighted by Crippen LogP contribution is -2.53. The summed E-state index contributed by atoms with van der Waals surface area (Å²) >= 11 is 5.88. The Morgan fingerprint density at radius 3 is 2.40 bits per heavy atom. The fraction of sp³-hybridized carbons (Fsp3) is 0.767. The molecule has 8 nitrogen and oxygen atoms in total. The second-order valence-electron chi connectivity index (χ2n) is 13.4. The van der Waals surface area contributed by atoms with Crippen LogP contribution in [0.15, 0.2) is 18.2 Å². The molecule has 13 heteroatoms. The minimum Gasteiger partial charge on any atom is -0.412 e. The first-order valence-electron chi connectivity index (χ1n) is 15.0. The summed E-state index contributed by atoms with van der Waals surface area (Å²) in [6.45, 7) is 16.5. The van der Waals surface area contributed by atoms with Crippen molar-refractivity contribution in [1.29, 1.82) is 0 Å². The van der Waals surface area contributed by atoms with Gasteiger partial charge in [-0.05, 0) is 81.4 Å². The predicted molar refractivity (Wildman–Crippen MR) is 165 cm³/mol. The van der Waals surface area contributed by atoms with E-state index >= 15 is 0 Å². The van der Waals surface area contributed by atoms with E-state index in [4.69, 9.17) is 25.5 Å². The van der Waals surface area contributed by atoms with Gasteiger partial charge in [0, 0.05) is 39.1 Å². The molecule has 3 rings (SSSR count). The van der Waals surface area contributed by atoms with Crippen LogP contribution in [0.2, 0.25) is 23.2 Å². The molecule has 2 fully saturated rings. The Balaban J connectivity index is 1.63. The van der Waals surface area contributed by atoms with E-state index in [1.807, 2.05) is 0 Å². The molecule has 1 aliphatic carbocycles. The summed E-state index contributed by atoms with van der Waals surface area (Å²) in [5.41, 5.74) is 0.598. The smallest absolute Gasteiger partial charge is 0.412 e. The van der Waals surface area contributed by atoms with E-state index in [1.165, 1.54) is 39.2 Å². The largest absolute Gasteiger partial charge is 0.573 e. The number of ether oxygens (including phenoxy) is 3. The topological polar surface area (TPSA) is 72.5 Å². The maximum atomic E-state index is 13.6. The van der Waals surface area contributed by atoms with Crippen LogP contribution in [0.1, 0.15) is 53.4 Å². The van der Waals surface area contributed by atoms with Gasteiger partial charge < -0.3 is 33.8 Å². The van der Waals surface area contributed by atoms with E-state index < -0.39 is 32.8 Å². The number of carbonyl (C=O) groups is 1. The summed E-state index contributed by atoms with van der Waals surface area (Å²) in [4.78, 5) is 17.7. The third kappa shape index (κ3) is 9.96. The third-order valence-electron chi connectivity index (χ3n) is 9.19. The number of anilines is 1. The number of carbonyl (C=O) groups excluding carboxylic acids is 1. The molecule has 0 radical (unpaired) electrons. The molecule has 246 valence electrons. The molecule has 1 saturated carbocycles. The zero-order valence-corrected chi connectivity index (χ0v) is 28.5. The number of benzene rings is 1. The molecule has 1 aliphatic heterocycles. The number of piperidine rings is 1. The number of nitrogens with one attached hydrogen (secondary N) is 1. The van der Waals surface area contributed by atoms with E-state index in [0.717, 1.165) is 38.5 Å². The highest BCUT2D eigenvalue weighted by Crippen LogP contribution is 2.56. The van der Waals surface area contributed by atoms with Crippen LogP contribution in [0.5, 0.6) is 5.75 Å². The van der Waals surface area contributed by atoms with Crippen LogP contribution in [0.3, 0.4) is 0 Å². The molecule has 43 heavy (non-hydrogen) atoms. The quantitative estimate of drug-likeness (QED) is 0.176. The van der Waals surface area contributed by atoms with Crippen molar-refractivity contribution >= 4 is 31.5 Å². The molecule has 1 N–H and O–H groups in total. The van der Waals surface area contributed by atoms with Crippen LogP contribution < -0.4 is 10.1 Å². The fourth-order valence-corrected chi connectivity index (χ4v) is 6.82. The third-order valence-corrected chi connectivity index (χ3v) is 14.0. The summed E-state index contributed by atoms with van der Waals surface area (Å²) < 4.78 is 60.0. The summed E-state index contributed by atoms with van der Waals surface area (Å²) in [6.07, 6.45) is -0.928. The first-order chi connectivity index (χ1) is 19.9. The first kappa shape index (κ1) is 35.9. The Kier molecular flexibility index (Phi) is 11.9. The standard InChI is InChI=1S/C30H49ClF3N3O5Si/c1-21(35-22-10-11-23(31)24(18-22)41-30(32,33)34)27(38)37(20-26(39-5)40-6)16-9-15-36-17-14-29(12-13-29)25(19-36)42-43(7,8)28(2,3)4/h10-11,18,21,25-26,35H,9,12-17,19-20H2,1-8H3/t21-,25+/m0/s1. The van der Waals surface area contributed by atoms with Gasteiger partial charge in [0.1, 0.15) is 11.8 Å². The Bertz CT molecular complexity index is 1080. The van der Waals surface area contributed by atoms with Gasteiger partial charge in [0.05, 0.1) is 17.7 Å².